The van der Waals surface area contributed by atoms with Gasteiger partial charge in [-0.3, -0.25) is 0 Å². The third-order valence-corrected chi connectivity index (χ3v) is 16.5. The van der Waals surface area contributed by atoms with E-state index in [1.54, 1.807) is 0 Å². The van der Waals surface area contributed by atoms with Crippen LogP contribution in [0, 0.1) is 0 Å². The van der Waals surface area contributed by atoms with Crippen molar-refractivity contribution in [1.82, 2.24) is 9.13 Å². The summed E-state index contributed by atoms with van der Waals surface area (Å²) < 4.78 is 4.74. The lowest BCUT2D eigenvalue weighted by Gasteiger charge is -2.09. The fourth-order valence-corrected chi connectivity index (χ4v) is 12.6. The van der Waals surface area contributed by atoms with Crippen molar-refractivity contribution in [1.29, 1.82) is 0 Å². The summed E-state index contributed by atoms with van der Waals surface area (Å²) in [4.78, 5) is 5.14. The van der Waals surface area contributed by atoms with E-state index in [-0.39, 0.29) is 0 Å². The summed E-state index contributed by atoms with van der Waals surface area (Å²) in [6.45, 7) is 0. The number of thiophene rings is 2. The molecule has 0 aliphatic heterocycles. The summed E-state index contributed by atoms with van der Waals surface area (Å²) in [5.41, 5.74) is 17.1. The molecule has 10 aromatic carbocycles. The van der Waals surface area contributed by atoms with E-state index in [4.69, 9.17) is 0 Å². The van der Waals surface area contributed by atoms with Crippen molar-refractivity contribution in [2.24, 2.45) is 0 Å². The van der Waals surface area contributed by atoms with E-state index in [1.165, 1.54) is 130 Å². The number of rotatable bonds is 8. The Hall–Kier alpha value is -8.54. The molecule has 0 saturated heterocycles. The third-order valence-electron chi connectivity index (χ3n) is 14.0. The van der Waals surface area contributed by atoms with E-state index >= 15 is 0 Å². The van der Waals surface area contributed by atoms with Crippen LogP contribution in [0.5, 0.6) is 0 Å². The van der Waals surface area contributed by atoms with Gasteiger partial charge >= 0.3 is 0 Å². The van der Waals surface area contributed by atoms with Crippen molar-refractivity contribution < 1.29 is 0 Å². The molecule has 0 saturated carbocycles. The summed E-state index contributed by atoms with van der Waals surface area (Å²) in [5.74, 6) is 0. The highest BCUT2D eigenvalue weighted by molar-refractivity contribution is 7.25. The van der Waals surface area contributed by atoms with Gasteiger partial charge in [0, 0.05) is 52.4 Å². The van der Waals surface area contributed by atoms with Crippen LogP contribution < -0.4 is 0 Å². The number of aromatic nitrogens is 2. The van der Waals surface area contributed by atoms with Gasteiger partial charge in [0.1, 0.15) is 0 Å². The second-order valence-corrected chi connectivity index (χ2v) is 20.3. The minimum Gasteiger partial charge on any atom is -0.309 e. The lowest BCUT2D eigenvalue weighted by Crippen LogP contribution is -1.92. The normalized spacial score (nSPS) is 11.7. The van der Waals surface area contributed by atoms with Crippen molar-refractivity contribution in [3.8, 4) is 75.4 Å². The van der Waals surface area contributed by atoms with Gasteiger partial charge in [0.05, 0.1) is 22.1 Å². The van der Waals surface area contributed by atoms with Crippen LogP contribution in [0.2, 0.25) is 0 Å². The Morgan fingerprint density at radius 2 is 0.543 bits per heavy atom. The topological polar surface area (TPSA) is 9.86 Å². The summed E-state index contributed by atoms with van der Waals surface area (Å²) in [6, 6.07) is 93.5. The van der Waals surface area contributed by atoms with Gasteiger partial charge < -0.3 is 9.13 Å². The number of nitrogens with zero attached hydrogens (tertiary/aromatic N) is 2. The molecule has 0 unspecified atom stereocenters. The molecule has 0 radical (unpaired) electrons. The molecule has 4 aromatic heterocycles. The second kappa shape index (κ2) is 16.6. The fraction of sp³-hybridized carbons (Fsp3) is 0. The number of para-hydroxylation sites is 4. The number of hydrogen-bond acceptors (Lipinski definition) is 2. The Bertz CT molecular complexity index is 4260. The zero-order valence-corrected chi connectivity index (χ0v) is 39.6. The molecule has 0 aliphatic rings. The molecule has 0 aliphatic carbocycles. The van der Waals surface area contributed by atoms with Crippen LogP contribution in [0.25, 0.3) is 130 Å². The van der Waals surface area contributed by atoms with Crippen molar-refractivity contribution >= 4 is 77.1 Å². The van der Waals surface area contributed by atoms with Gasteiger partial charge in [-0.25, -0.2) is 0 Å². The maximum Gasteiger partial charge on any atom is 0.0541 e. The molecular weight excluding hydrogens is 885 g/mol. The number of fused-ring (bicyclic) bond motifs is 7. The Balaban J connectivity index is 0.679. The Labute approximate surface area is 413 Å². The quantitative estimate of drug-likeness (QED) is 0.144. The van der Waals surface area contributed by atoms with E-state index in [0.717, 1.165) is 0 Å². The summed E-state index contributed by atoms with van der Waals surface area (Å²) in [6.07, 6.45) is 0. The zero-order valence-electron chi connectivity index (χ0n) is 38.0. The molecule has 328 valence electrons. The smallest absolute Gasteiger partial charge is 0.0541 e. The summed E-state index contributed by atoms with van der Waals surface area (Å²) >= 11 is 3.72. The highest BCUT2D eigenvalue weighted by atomic mass is 32.1. The standard InChI is InChI=1S/C66H42N2S2/c1-3-11-53(12-4-1)67-59-17-9-7-15-55(59)57-41-51(31-33-61(57)67)44-21-25-46(26-22-44)64-36-38-66(70-64)65-37-35-63(69-65)45-23-19-43(20-24-45)47-27-28-49-40-50(30-29-48(49)39-47)52-32-34-62-58(42-52)56-16-8-10-18-60(56)68(62)54-13-5-2-6-14-54/h1-42H. The van der Waals surface area contributed by atoms with E-state index in [2.05, 4.69) is 264 Å². The molecule has 70 heavy (non-hydrogen) atoms. The van der Waals surface area contributed by atoms with Gasteiger partial charge in [0.2, 0.25) is 0 Å². The average molecular weight is 927 g/mol. The molecule has 0 atom stereocenters. The van der Waals surface area contributed by atoms with Gasteiger partial charge in [-0.05, 0) is 152 Å². The molecule has 14 rings (SSSR count). The van der Waals surface area contributed by atoms with Gasteiger partial charge in [-0.15, -0.1) is 22.7 Å². The lowest BCUT2D eigenvalue weighted by molar-refractivity contribution is 1.18. The second-order valence-electron chi connectivity index (χ2n) is 18.1. The molecule has 0 amide bonds. The molecule has 4 heteroatoms. The van der Waals surface area contributed by atoms with Gasteiger partial charge in [-0.1, -0.05) is 158 Å². The average Bonchev–Trinajstić information content (AvgIpc) is 4.25. The first-order valence-corrected chi connectivity index (χ1v) is 25.4. The minimum absolute atomic E-state index is 1.18. The van der Waals surface area contributed by atoms with Crippen LogP contribution in [0.4, 0.5) is 0 Å². The summed E-state index contributed by atoms with van der Waals surface area (Å²) in [7, 11) is 0. The van der Waals surface area contributed by atoms with Crippen LogP contribution in [-0.4, -0.2) is 9.13 Å². The lowest BCUT2D eigenvalue weighted by atomic mass is 9.96. The van der Waals surface area contributed by atoms with E-state index in [1.807, 2.05) is 22.7 Å². The van der Waals surface area contributed by atoms with Gasteiger partial charge in [-0.2, -0.15) is 0 Å². The van der Waals surface area contributed by atoms with Crippen LogP contribution in [-0.2, 0) is 0 Å². The Kier molecular flexibility index (Phi) is 9.61. The predicted octanol–water partition coefficient (Wildman–Crippen LogP) is 19.2. The van der Waals surface area contributed by atoms with Crippen molar-refractivity contribution in [2.45, 2.75) is 0 Å². The molecule has 2 nitrogen and oxygen atoms in total. The molecule has 14 aromatic rings. The highest BCUT2D eigenvalue weighted by Crippen LogP contribution is 2.42. The molecule has 4 heterocycles. The van der Waals surface area contributed by atoms with Crippen molar-refractivity contribution in [3.05, 3.63) is 255 Å². The number of hydrogen-bond donors (Lipinski definition) is 0. The summed E-state index contributed by atoms with van der Waals surface area (Å²) in [5, 5.41) is 7.55. The Morgan fingerprint density at radius 3 is 1.01 bits per heavy atom. The molecule has 0 bridgehead atoms. The Morgan fingerprint density at radius 1 is 0.214 bits per heavy atom. The van der Waals surface area contributed by atoms with Gasteiger partial charge in [0.15, 0.2) is 0 Å². The predicted molar refractivity (Wildman–Crippen MR) is 301 cm³/mol. The first-order chi connectivity index (χ1) is 34.7. The van der Waals surface area contributed by atoms with Crippen LogP contribution in [0.1, 0.15) is 0 Å². The fourth-order valence-electron chi connectivity index (χ4n) is 10.5. The highest BCUT2D eigenvalue weighted by Gasteiger charge is 2.16. The molecule has 0 fully saturated rings. The first kappa shape index (κ1) is 40.5. The molecule has 0 N–H and O–H groups in total. The van der Waals surface area contributed by atoms with Crippen LogP contribution >= 0.6 is 22.7 Å². The number of benzene rings is 10. The minimum atomic E-state index is 1.18. The monoisotopic (exact) mass is 926 g/mol. The first-order valence-electron chi connectivity index (χ1n) is 23.8. The SMILES string of the molecule is c1ccc(-n2c3ccccc3c3cc(-c4ccc(-c5ccc(-c6ccc(-c7ccc(-c8ccc9cc(-c%10ccc%11c(c%10)c%10ccccc%10n%11-c%10ccccc%10)ccc9c8)cc7)s6)s5)cc4)ccc32)cc1. The molecule has 0 spiro atoms. The van der Waals surface area contributed by atoms with E-state index < -0.39 is 0 Å². The largest absolute Gasteiger partial charge is 0.309 e. The van der Waals surface area contributed by atoms with Crippen LogP contribution in [0.3, 0.4) is 0 Å². The van der Waals surface area contributed by atoms with Crippen molar-refractivity contribution in [2.75, 3.05) is 0 Å². The van der Waals surface area contributed by atoms with Crippen LogP contribution in [0.15, 0.2) is 255 Å². The van der Waals surface area contributed by atoms with E-state index in [9.17, 15) is 0 Å². The van der Waals surface area contributed by atoms with Gasteiger partial charge in [0.25, 0.3) is 0 Å². The van der Waals surface area contributed by atoms with Crippen molar-refractivity contribution in [3.63, 3.8) is 0 Å². The zero-order chi connectivity index (χ0) is 46.1. The maximum absolute atomic E-state index is 2.37. The molecular formula is C66H42N2S2. The van der Waals surface area contributed by atoms with E-state index in [0.29, 0.717) is 0 Å². The third kappa shape index (κ3) is 6.91. The maximum atomic E-state index is 2.37.